The molecule has 0 spiro atoms. The van der Waals surface area contributed by atoms with E-state index < -0.39 is 33.9 Å². The highest BCUT2D eigenvalue weighted by atomic mass is 32.3. The SMILES string of the molecule is O=C(c1cnc(N[C@H]2[C@H]3CC[C@H](C3)[C@@H]2CO)nc1C(F)(F)F)N1CCS(O)(O)CC1. The van der Waals surface area contributed by atoms with Gasteiger partial charge in [0.1, 0.15) is 0 Å². The van der Waals surface area contributed by atoms with Gasteiger partial charge in [-0.25, -0.2) is 9.97 Å². The number of fused-ring (bicyclic) bond motifs is 2. The van der Waals surface area contributed by atoms with Gasteiger partial charge in [0.25, 0.3) is 5.91 Å². The molecular weight excluding hydrogens is 425 g/mol. The molecule has 1 amide bonds. The second-order valence-electron chi connectivity index (χ2n) is 8.31. The standard InChI is InChI=1S/C18H25F3N4O4S/c19-18(20,21)15-12(16(27)25-3-5-30(28,29)6-4-25)8-22-17(24-15)23-14-11-2-1-10(7-11)13(14)9-26/h8,10-11,13-14,26,28-29H,1-7,9H2,(H,22,23,24)/t10-,11+,13+,14+/m1/s1. The van der Waals surface area contributed by atoms with Crippen molar-refractivity contribution in [2.24, 2.45) is 17.8 Å². The largest absolute Gasteiger partial charge is 0.434 e. The lowest BCUT2D eigenvalue weighted by molar-refractivity contribution is -0.141. The molecule has 30 heavy (non-hydrogen) atoms. The summed E-state index contributed by atoms with van der Waals surface area (Å²) < 4.78 is 60.4. The number of rotatable bonds is 4. The van der Waals surface area contributed by atoms with Gasteiger partial charge in [0.05, 0.1) is 17.1 Å². The predicted octanol–water partition coefficient (Wildman–Crippen LogP) is 2.52. The summed E-state index contributed by atoms with van der Waals surface area (Å²) in [4.78, 5) is 21.4. The summed E-state index contributed by atoms with van der Waals surface area (Å²) in [6.07, 6.45) is -1.07. The molecule has 2 heterocycles. The highest BCUT2D eigenvalue weighted by Crippen LogP contribution is 2.49. The molecule has 2 bridgehead atoms. The number of aromatic nitrogens is 2. The fourth-order valence-electron chi connectivity index (χ4n) is 4.97. The van der Waals surface area contributed by atoms with Crippen LogP contribution in [0.3, 0.4) is 0 Å². The van der Waals surface area contributed by atoms with E-state index in [1.165, 1.54) is 0 Å². The topological polar surface area (TPSA) is 119 Å². The van der Waals surface area contributed by atoms with Crippen LogP contribution < -0.4 is 5.32 Å². The monoisotopic (exact) mass is 450 g/mol. The highest BCUT2D eigenvalue weighted by Gasteiger charge is 2.48. The predicted molar refractivity (Wildman–Crippen MR) is 104 cm³/mol. The molecular formula is C18H25F3N4O4S. The van der Waals surface area contributed by atoms with Crippen molar-refractivity contribution in [3.63, 3.8) is 0 Å². The van der Waals surface area contributed by atoms with Gasteiger partial charge >= 0.3 is 6.18 Å². The molecule has 4 atom stereocenters. The van der Waals surface area contributed by atoms with Crippen molar-refractivity contribution in [3.8, 4) is 0 Å². The normalized spacial score (nSPS) is 31.6. The second-order valence-corrected chi connectivity index (χ2v) is 10.7. The van der Waals surface area contributed by atoms with Gasteiger partial charge in [-0.3, -0.25) is 13.9 Å². The summed E-state index contributed by atoms with van der Waals surface area (Å²) in [6, 6.07) is -0.191. The summed E-state index contributed by atoms with van der Waals surface area (Å²) in [5, 5.41) is 12.6. The Morgan fingerprint density at radius 1 is 1.23 bits per heavy atom. The van der Waals surface area contributed by atoms with Gasteiger partial charge in [-0.15, -0.1) is 0 Å². The number of aliphatic hydroxyl groups excluding tert-OH is 1. The van der Waals surface area contributed by atoms with Crippen molar-refractivity contribution in [1.82, 2.24) is 14.9 Å². The summed E-state index contributed by atoms with van der Waals surface area (Å²) in [5.74, 6) is -0.636. The molecule has 168 valence electrons. The van der Waals surface area contributed by atoms with Gasteiger partial charge in [0.2, 0.25) is 5.95 Å². The molecule has 0 unspecified atom stereocenters. The zero-order chi connectivity index (χ0) is 21.7. The quantitative estimate of drug-likeness (QED) is 0.557. The number of aliphatic hydroxyl groups is 1. The Balaban J connectivity index is 1.56. The first-order valence-electron chi connectivity index (χ1n) is 9.93. The Labute approximate surface area is 173 Å². The summed E-state index contributed by atoms with van der Waals surface area (Å²) >= 11 is 0. The summed E-state index contributed by atoms with van der Waals surface area (Å²) in [6.45, 7) is -0.126. The number of hydrogen-bond donors (Lipinski definition) is 4. The Hall–Kier alpha value is -1.63. The van der Waals surface area contributed by atoms with E-state index in [1.807, 2.05) is 0 Å². The lowest BCUT2D eigenvalue weighted by Crippen LogP contribution is -2.43. The van der Waals surface area contributed by atoms with Crippen LogP contribution in [0.1, 0.15) is 35.3 Å². The van der Waals surface area contributed by atoms with Gasteiger partial charge in [-0.05, 0) is 31.1 Å². The van der Waals surface area contributed by atoms with Crippen LogP contribution in [0.5, 0.6) is 0 Å². The number of nitrogens with one attached hydrogen (secondary N) is 1. The Morgan fingerprint density at radius 3 is 2.53 bits per heavy atom. The van der Waals surface area contributed by atoms with E-state index in [-0.39, 0.29) is 55.0 Å². The van der Waals surface area contributed by atoms with Crippen molar-refractivity contribution in [2.45, 2.75) is 31.5 Å². The van der Waals surface area contributed by atoms with E-state index in [0.29, 0.717) is 5.92 Å². The van der Waals surface area contributed by atoms with Crippen molar-refractivity contribution in [1.29, 1.82) is 0 Å². The minimum Gasteiger partial charge on any atom is -0.396 e. The maximum atomic E-state index is 13.7. The van der Waals surface area contributed by atoms with Crippen molar-refractivity contribution < 1.29 is 32.2 Å². The van der Waals surface area contributed by atoms with Crippen molar-refractivity contribution in [2.75, 3.05) is 36.5 Å². The Kier molecular flexibility index (Phi) is 5.62. The highest BCUT2D eigenvalue weighted by molar-refractivity contribution is 8.24. The molecule has 1 aliphatic heterocycles. The third-order valence-electron chi connectivity index (χ3n) is 6.55. The first kappa shape index (κ1) is 21.6. The van der Waals surface area contributed by atoms with Gasteiger partial charge in [0, 0.05) is 37.9 Å². The molecule has 3 aliphatic rings. The van der Waals surface area contributed by atoms with Crippen LogP contribution in [-0.4, -0.2) is 72.2 Å². The zero-order valence-corrected chi connectivity index (χ0v) is 17.0. The van der Waals surface area contributed by atoms with E-state index in [1.54, 1.807) is 0 Å². The molecule has 0 aromatic carbocycles. The Morgan fingerprint density at radius 2 is 1.90 bits per heavy atom. The number of carbonyl (C=O) groups excluding carboxylic acids is 1. The summed E-state index contributed by atoms with van der Waals surface area (Å²) in [5.41, 5.74) is -1.97. The molecule has 1 saturated heterocycles. The average molecular weight is 450 g/mol. The minimum atomic E-state index is -4.85. The third-order valence-corrected chi connectivity index (χ3v) is 8.22. The number of halogens is 3. The number of amides is 1. The molecule has 0 radical (unpaired) electrons. The zero-order valence-electron chi connectivity index (χ0n) is 16.2. The van der Waals surface area contributed by atoms with E-state index >= 15 is 0 Å². The van der Waals surface area contributed by atoms with Crippen molar-refractivity contribution in [3.05, 3.63) is 17.5 Å². The van der Waals surface area contributed by atoms with Gasteiger partial charge in [-0.2, -0.15) is 23.8 Å². The number of alkyl halides is 3. The molecule has 12 heteroatoms. The van der Waals surface area contributed by atoms with E-state index in [2.05, 4.69) is 15.3 Å². The van der Waals surface area contributed by atoms with Crippen LogP contribution >= 0.6 is 10.6 Å². The van der Waals surface area contributed by atoms with Crippen LogP contribution in [0, 0.1) is 17.8 Å². The van der Waals surface area contributed by atoms with Crippen molar-refractivity contribution >= 4 is 22.4 Å². The number of nitrogens with zero attached hydrogens (tertiary/aromatic N) is 3. The smallest absolute Gasteiger partial charge is 0.396 e. The first-order chi connectivity index (χ1) is 14.1. The Bertz CT molecular complexity index is 815. The fourth-order valence-corrected chi connectivity index (χ4v) is 6.20. The lowest BCUT2D eigenvalue weighted by Gasteiger charge is -2.41. The van der Waals surface area contributed by atoms with E-state index in [4.69, 9.17) is 0 Å². The molecule has 1 aromatic heterocycles. The van der Waals surface area contributed by atoms with E-state index in [0.717, 1.165) is 30.4 Å². The van der Waals surface area contributed by atoms with Crippen LogP contribution in [0.4, 0.5) is 19.1 Å². The second kappa shape index (κ2) is 7.81. The fraction of sp³-hybridized carbons (Fsp3) is 0.722. The maximum absolute atomic E-state index is 13.7. The third kappa shape index (κ3) is 4.10. The molecule has 4 rings (SSSR count). The number of anilines is 1. The van der Waals surface area contributed by atoms with Gasteiger partial charge in [-0.1, -0.05) is 0 Å². The first-order valence-corrected chi connectivity index (χ1v) is 11.8. The molecule has 1 aromatic rings. The van der Waals surface area contributed by atoms with E-state index in [9.17, 15) is 32.2 Å². The van der Waals surface area contributed by atoms with Crippen LogP contribution in [0.25, 0.3) is 0 Å². The molecule has 8 nitrogen and oxygen atoms in total. The summed E-state index contributed by atoms with van der Waals surface area (Å²) in [7, 11) is -2.78. The number of carbonyl (C=O) groups is 1. The van der Waals surface area contributed by atoms with Crippen LogP contribution in [0.2, 0.25) is 0 Å². The van der Waals surface area contributed by atoms with Gasteiger partial charge < -0.3 is 15.3 Å². The molecule has 4 N–H and O–H groups in total. The molecule has 3 fully saturated rings. The van der Waals surface area contributed by atoms with Gasteiger partial charge in [0.15, 0.2) is 5.69 Å². The van der Waals surface area contributed by atoms with Crippen LogP contribution in [-0.2, 0) is 6.18 Å². The minimum absolute atomic E-state index is 0.0399. The number of hydrogen-bond acceptors (Lipinski definition) is 7. The lowest BCUT2D eigenvalue weighted by atomic mass is 9.85. The average Bonchev–Trinajstić information content (AvgIpc) is 3.28. The molecule has 2 aliphatic carbocycles. The molecule has 2 saturated carbocycles. The van der Waals surface area contributed by atoms with Crippen LogP contribution in [0.15, 0.2) is 6.20 Å². The maximum Gasteiger partial charge on any atom is 0.434 e.